The molecular weight excluding hydrogens is 178 g/mol. The van der Waals surface area contributed by atoms with Gasteiger partial charge in [-0.25, -0.2) is 4.98 Å². The van der Waals surface area contributed by atoms with Gasteiger partial charge in [0.05, 0.1) is 18.0 Å². The summed E-state index contributed by atoms with van der Waals surface area (Å²) in [6.45, 7) is 1.78. The predicted molar refractivity (Wildman–Crippen MR) is 54.3 cm³/mol. The third-order valence-corrected chi connectivity index (χ3v) is 2.81. The fourth-order valence-electron chi connectivity index (χ4n) is 1.66. The fourth-order valence-corrected chi connectivity index (χ4v) is 1.66. The minimum atomic E-state index is -0.774. The van der Waals surface area contributed by atoms with Gasteiger partial charge >= 0.3 is 0 Å². The third-order valence-electron chi connectivity index (χ3n) is 2.81. The second-order valence-electron chi connectivity index (χ2n) is 4.01. The van der Waals surface area contributed by atoms with Crippen LogP contribution in [0.5, 0.6) is 0 Å². The van der Waals surface area contributed by atoms with E-state index in [9.17, 15) is 5.11 Å². The normalized spacial score (nSPS) is 32.8. The van der Waals surface area contributed by atoms with E-state index in [1.165, 1.54) is 0 Å². The number of aliphatic hydroxyl groups is 1. The van der Waals surface area contributed by atoms with E-state index in [0.29, 0.717) is 6.42 Å². The Morgan fingerprint density at radius 1 is 1.71 bits per heavy atom. The highest BCUT2D eigenvalue weighted by atomic mass is 16.3. The summed E-state index contributed by atoms with van der Waals surface area (Å²) in [7, 11) is 0. The molecule has 0 aliphatic heterocycles. The maximum absolute atomic E-state index is 9.86. The Balaban J connectivity index is 2.25. The van der Waals surface area contributed by atoms with E-state index in [2.05, 4.69) is 4.98 Å². The van der Waals surface area contributed by atoms with E-state index in [-0.39, 0.29) is 6.04 Å². The van der Waals surface area contributed by atoms with Crippen molar-refractivity contribution in [3.8, 4) is 0 Å². The molecule has 0 spiro atoms. The van der Waals surface area contributed by atoms with Crippen LogP contribution in [0.2, 0.25) is 0 Å². The van der Waals surface area contributed by atoms with Crippen LogP contribution < -0.4 is 5.73 Å². The number of nitrogens with zero attached hydrogens (tertiary/aromatic N) is 2. The van der Waals surface area contributed by atoms with E-state index in [1.54, 1.807) is 19.4 Å². The summed E-state index contributed by atoms with van der Waals surface area (Å²) in [4.78, 5) is 3.98. The Kier molecular flexibility index (Phi) is 2.17. The van der Waals surface area contributed by atoms with Gasteiger partial charge in [0.1, 0.15) is 0 Å². The van der Waals surface area contributed by atoms with Gasteiger partial charge in [0, 0.05) is 18.1 Å². The van der Waals surface area contributed by atoms with Crippen LogP contribution in [0.15, 0.2) is 24.8 Å². The highest BCUT2D eigenvalue weighted by Crippen LogP contribution is 2.28. The van der Waals surface area contributed by atoms with Crippen molar-refractivity contribution in [2.45, 2.75) is 31.4 Å². The molecule has 2 unspecified atom stereocenters. The van der Waals surface area contributed by atoms with Crippen molar-refractivity contribution in [2.24, 2.45) is 5.73 Å². The van der Waals surface area contributed by atoms with Gasteiger partial charge in [-0.3, -0.25) is 0 Å². The first kappa shape index (κ1) is 9.43. The SMILES string of the molecule is CC1(O)CCC(n2ccnc2)=CC1N. The van der Waals surface area contributed by atoms with Crippen LogP contribution in [0.4, 0.5) is 0 Å². The van der Waals surface area contributed by atoms with Gasteiger partial charge in [0.25, 0.3) is 0 Å². The smallest absolute Gasteiger partial charge is 0.0989 e. The zero-order valence-electron chi connectivity index (χ0n) is 8.22. The van der Waals surface area contributed by atoms with Gasteiger partial charge in [0.2, 0.25) is 0 Å². The molecule has 14 heavy (non-hydrogen) atoms. The van der Waals surface area contributed by atoms with Crippen molar-refractivity contribution in [3.05, 3.63) is 24.8 Å². The number of nitrogens with two attached hydrogens (primary N) is 1. The molecule has 1 aliphatic rings. The molecule has 2 atom stereocenters. The van der Waals surface area contributed by atoms with E-state index in [0.717, 1.165) is 12.1 Å². The van der Waals surface area contributed by atoms with Crippen molar-refractivity contribution >= 4 is 5.70 Å². The summed E-state index contributed by atoms with van der Waals surface area (Å²) in [6, 6.07) is -0.298. The van der Waals surface area contributed by atoms with Crippen LogP contribution in [-0.4, -0.2) is 26.3 Å². The summed E-state index contributed by atoms with van der Waals surface area (Å²) in [5, 5.41) is 9.86. The number of hydrogen-bond donors (Lipinski definition) is 2. The molecule has 4 nitrogen and oxygen atoms in total. The lowest BCUT2D eigenvalue weighted by Gasteiger charge is -2.33. The summed E-state index contributed by atoms with van der Waals surface area (Å²) >= 11 is 0. The Morgan fingerprint density at radius 2 is 2.50 bits per heavy atom. The number of rotatable bonds is 1. The maximum atomic E-state index is 9.86. The summed E-state index contributed by atoms with van der Waals surface area (Å²) in [5.41, 5.74) is 6.19. The second-order valence-corrected chi connectivity index (χ2v) is 4.01. The summed E-state index contributed by atoms with van der Waals surface area (Å²) < 4.78 is 1.94. The topological polar surface area (TPSA) is 64.1 Å². The molecule has 3 N–H and O–H groups in total. The minimum Gasteiger partial charge on any atom is -0.388 e. The molecular formula is C10H15N3O. The van der Waals surface area contributed by atoms with E-state index >= 15 is 0 Å². The summed E-state index contributed by atoms with van der Waals surface area (Å²) in [6.07, 6.45) is 8.80. The van der Waals surface area contributed by atoms with Crippen LogP contribution in [0.3, 0.4) is 0 Å². The van der Waals surface area contributed by atoms with E-state index < -0.39 is 5.60 Å². The molecule has 0 saturated heterocycles. The van der Waals surface area contributed by atoms with Gasteiger partial charge in [-0.2, -0.15) is 0 Å². The first-order valence-electron chi connectivity index (χ1n) is 4.76. The molecule has 0 radical (unpaired) electrons. The number of hydrogen-bond acceptors (Lipinski definition) is 3. The molecule has 1 heterocycles. The van der Waals surface area contributed by atoms with Crippen LogP contribution in [0.1, 0.15) is 19.8 Å². The molecule has 0 fully saturated rings. The Morgan fingerprint density at radius 3 is 3.07 bits per heavy atom. The molecule has 0 saturated carbocycles. The van der Waals surface area contributed by atoms with Crippen LogP contribution in [-0.2, 0) is 0 Å². The van der Waals surface area contributed by atoms with E-state index in [1.807, 2.05) is 16.8 Å². The van der Waals surface area contributed by atoms with Crippen molar-refractivity contribution in [1.29, 1.82) is 0 Å². The van der Waals surface area contributed by atoms with Gasteiger partial charge in [-0.15, -0.1) is 0 Å². The molecule has 1 aliphatic carbocycles. The maximum Gasteiger partial charge on any atom is 0.0989 e. The molecule has 0 bridgehead atoms. The van der Waals surface area contributed by atoms with Crippen molar-refractivity contribution in [2.75, 3.05) is 0 Å². The average molecular weight is 193 g/mol. The first-order chi connectivity index (χ1) is 6.59. The lowest BCUT2D eigenvalue weighted by atomic mass is 9.85. The number of allylic oxidation sites excluding steroid dienone is 1. The van der Waals surface area contributed by atoms with Gasteiger partial charge in [-0.1, -0.05) is 0 Å². The Bertz CT molecular complexity index is 340. The lowest BCUT2D eigenvalue weighted by molar-refractivity contribution is 0.0357. The molecule has 1 aromatic rings. The van der Waals surface area contributed by atoms with Crippen molar-refractivity contribution in [3.63, 3.8) is 0 Å². The number of aromatic nitrogens is 2. The minimum absolute atomic E-state index is 0.298. The van der Waals surface area contributed by atoms with Gasteiger partial charge in [-0.05, 0) is 25.8 Å². The molecule has 0 aromatic carbocycles. The molecule has 4 heteroatoms. The van der Waals surface area contributed by atoms with Gasteiger partial charge < -0.3 is 15.4 Å². The highest BCUT2D eigenvalue weighted by molar-refractivity contribution is 5.48. The zero-order valence-corrected chi connectivity index (χ0v) is 8.22. The lowest BCUT2D eigenvalue weighted by Crippen LogP contribution is -2.46. The second kappa shape index (κ2) is 3.22. The van der Waals surface area contributed by atoms with Crippen molar-refractivity contribution in [1.82, 2.24) is 9.55 Å². The largest absolute Gasteiger partial charge is 0.388 e. The zero-order chi connectivity index (χ0) is 10.2. The predicted octanol–water partition coefficient (Wildman–Crippen LogP) is 0.596. The standard InChI is InChI=1S/C10H15N3O/c1-10(14)3-2-8(6-9(10)11)13-5-4-12-7-13/h4-7,9,14H,2-3,11H2,1H3. The van der Waals surface area contributed by atoms with Crippen LogP contribution in [0, 0.1) is 0 Å². The van der Waals surface area contributed by atoms with Crippen molar-refractivity contribution < 1.29 is 5.11 Å². The molecule has 0 amide bonds. The highest BCUT2D eigenvalue weighted by Gasteiger charge is 2.31. The number of imidazole rings is 1. The molecule has 2 rings (SSSR count). The third kappa shape index (κ3) is 1.58. The van der Waals surface area contributed by atoms with Crippen LogP contribution in [0.25, 0.3) is 5.70 Å². The average Bonchev–Trinajstić information content (AvgIpc) is 2.62. The van der Waals surface area contributed by atoms with E-state index in [4.69, 9.17) is 5.73 Å². The first-order valence-corrected chi connectivity index (χ1v) is 4.76. The molecule has 76 valence electrons. The van der Waals surface area contributed by atoms with Gasteiger partial charge in [0.15, 0.2) is 0 Å². The summed E-state index contributed by atoms with van der Waals surface area (Å²) in [5.74, 6) is 0. The Labute approximate surface area is 83.1 Å². The van der Waals surface area contributed by atoms with Crippen LogP contribution >= 0.6 is 0 Å². The Hall–Kier alpha value is -1.13. The molecule has 1 aromatic heterocycles. The quantitative estimate of drug-likeness (QED) is 0.686. The fraction of sp³-hybridized carbons (Fsp3) is 0.500. The monoisotopic (exact) mass is 193 g/mol.